The van der Waals surface area contributed by atoms with Gasteiger partial charge in [0.2, 0.25) is 0 Å². The second-order valence-electron chi connectivity index (χ2n) is 4.63. The zero-order valence-corrected chi connectivity index (χ0v) is 11.3. The molecule has 0 spiro atoms. The molecule has 0 rings (SSSR count). The van der Waals surface area contributed by atoms with Crippen molar-refractivity contribution >= 4 is 17.7 Å². The molecule has 1 unspecified atom stereocenters. The van der Waals surface area contributed by atoms with Crippen LogP contribution >= 0.6 is 11.8 Å². The maximum absolute atomic E-state index is 11.1. The Balaban J connectivity index is 4.24. The molecule has 0 heterocycles. The summed E-state index contributed by atoms with van der Waals surface area (Å²) in [6.07, 6.45) is -0.194. The number of ether oxygens (including phenoxy) is 1. The number of aliphatic carboxylic acids is 1. The third-order valence-electron chi connectivity index (χ3n) is 1.98. The van der Waals surface area contributed by atoms with E-state index < -0.39 is 23.7 Å². The maximum atomic E-state index is 11.1. The number of carbonyl (C=O) groups is 1. The monoisotopic (exact) mass is 249 g/mol. The Morgan fingerprint density at radius 2 is 2.06 bits per heavy atom. The first-order valence-corrected chi connectivity index (χ1v) is 6.67. The summed E-state index contributed by atoms with van der Waals surface area (Å²) in [6, 6.07) is 0. The molecule has 0 aliphatic carbocycles. The fourth-order valence-corrected chi connectivity index (χ4v) is 1.98. The van der Waals surface area contributed by atoms with E-state index in [1.54, 1.807) is 11.8 Å². The normalized spacial score (nSPS) is 15.8. The van der Waals surface area contributed by atoms with Crippen LogP contribution in [0.25, 0.3) is 0 Å². The van der Waals surface area contributed by atoms with Crippen LogP contribution in [0.4, 0.5) is 0 Å². The molecule has 4 nitrogen and oxygen atoms in total. The summed E-state index contributed by atoms with van der Waals surface area (Å²) in [6.45, 7) is 7.65. The lowest BCUT2D eigenvalue weighted by Gasteiger charge is -2.28. The van der Waals surface area contributed by atoms with Crippen LogP contribution in [0.5, 0.6) is 0 Å². The van der Waals surface area contributed by atoms with Crippen LogP contribution in [0.1, 0.15) is 34.1 Å². The SMILES string of the molecule is CCSCC[C@@H](C(=O)O)C(N)OC(C)(C)C. The highest BCUT2D eigenvalue weighted by molar-refractivity contribution is 7.99. The van der Waals surface area contributed by atoms with Gasteiger partial charge in [0.15, 0.2) is 0 Å². The standard InChI is InChI=1S/C11H23NO3S/c1-5-16-7-6-8(10(13)14)9(12)15-11(2,3)4/h8-9H,5-7,12H2,1-4H3,(H,13,14)/t8-,9?/m1/s1. The van der Waals surface area contributed by atoms with Crippen molar-refractivity contribution in [2.24, 2.45) is 11.7 Å². The number of nitrogens with two attached hydrogens (primary N) is 1. The molecule has 0 fully saturated rings. The summed E-state index contributed by atoms with van der Waals surface area (Å²) < 4.78 is 5.48. The molecule has 0 amide bonds. The van der Waals surface area contributed by atoms with Gasteiger partial charge in [-0.2, -0.15) is 11.8 Å². The quantitative estimate of drug-likeness (QED) is 0.533. The van der Waals surface area contributed by atoms with Crippen molar-refractivity contribution < 1.29 is 14.6 Å². The Labute approximate surface area is 102 Å². The van der Waals surface area contributed by atoms with Crippen molar-refractivity contribution in [1.29, 1.82) is 0 Å². The van der Waals surface area contributed by atoms with E-state index in [9.17, 15) is 4.79 Å². The molecular weight excluding hydrogens is 226 g/mol. The Kier molecular flexibility index (Phi) is 7.03. The highest BCUT2D eigenvalue weighted by Gasteiger charge is 2.28. The van der Waals surface area contributed by atoms with Gasteiger partial charge in [-0.25, -0.2) is 0 Å². The summed E-state index contributed by atoms with van der Waals surface area (Å²) in [5, 5.41) is 9.07. The Morgan fingerprint density at radius 1 is 1.50 bits per heavy atom. The zero-order valence-electron chi connectivity index (χ0n) is 10.5. The van der Waals surface area contributed by atoms with E-state index in [0.29, 0.717) is 6.42 Å². The van der Waals surface area contributed by atoms with Gasteiger partial charge in [0, 0.05) is 0 Å². The van der Waals surface area contributed by atoms with Crippen molar-refractivity contribution in [3.05, 3.63) is 0 Å². The van der Waals surface area contributed by atoms with E-state index in [1.165, 1.54) is 0 Å². The largest absolute Gasteiger partial charge is 0.481 e. The summed E-state index contributed by atoms with van der Waals surface area (Å²) in [5.41, 5.74) is 5.36. The van der Waals surface area contributed by atoms with E-state index in [4.69, 9.17) is 15.6 Å². The average Bonchev–Trinajstić information content (AvgIpc) is 2.08. The van der Waals surface area contributed by atoms with Crippen LogP contribution in [-0.4, -0.2) is 34.4 Å². The molecular formula is C11H23NO3S. The molecule has 96 valence electrons. The van der Waals surface area contributed by atoms with Gasteiger partial charge in [-0.15, -0.1) is 0 Å². The second-order valence-corrected chi connectivity index (χ2v) is 6.02. The summed E-state index contributed by atoms with van der Waals surface area (Å²) in [4.78, 5) is 11.1. The molecule has 0 saturated carbocycles. The zero-order chi connectivity index (χ0) is 12.8. The molecule has 0 aromatic rings. The second kappa shape index (κ2) is 7.14. The van der Waals surface area contributed by atoms with Gasteiger partial charge in [0.05, 0.1) is 11.5 Å². The maximum Gasteiger partial charge on any atom is 0.310 e. The van der Waals surface area contributed by atoms with Crippen molar-refractivity contribution in [1.82, 2.24) is 0 Å². The van der Waals surface area contributed by atoms with E-state index >= 15 is 0 Å². The number of carboxylic acids is 1. The predicted molar refractivity (Wildman–Crippen MR) is 67.6 cm³/mol. The minimum atomic E-state index is -0.881. The van der Waals surface area contributed by atoms with Gasteiger partial charge < -0.3 is 15.6 Å². The fourth-order valence-electron chi connectivity index (χ4n) is 1.27. The molecule has 0 bridgehead atoms. The minimum absolute atomic E-state index is 0.412. The van der Waals surface area contributed by atoms with Crippen LogP contribution in [0.15, 0.2) is 0 Å². The van der Waals surface area contributed by atoms with Crippen molar-refractivity contribution in [3.8, 4) is 0 Å². The van der Waals surface area contributed by atoms with Gasteiger partial charge in [-0.1, -0.05) is 6.92 Å². The minimum Gasteiger partial charge on any atom is -0.481 e. The summed E-state index contributed by atoms with van der Waals surface area (Å²) >= 11 is 1.71. The highest BCUT2D eigenvalue weighted by atomic mass is 32.2. The van der Waals surface area contributed by atoms with Crippen molar-refractivity contribution in [3.63, 3.8) is 0 Å². The van der Waals surface area contributed by atoms with E-state index in [-0.39, 0.29) is 0 Å². The van der Waals surface area contributed by atoms with Crippen LogP contribution in [-0.2, 0) is 9.53 Å². The third-order valence-corrected chi connectivity index (χ3v) is 2.91. The van der Waals surface area contributed by atoms with Crippen LogP contribution in [0.2, 0.25) is 0 Å². The number of hydrogen-bond donors (Lipinski definition) is 2. The molecule has 0 aliphatic heterocycles. The van der Waals surface area contributed by atoms with Gasteiger partial charge in [-0.05, 0) is 38.7 Å². The van der Waals surface area contributed by atoms with Crippen LogP contribution in [0.3, 0.4) is 0 Å². The molecule has 0 aliphatic rings. The van der Waals surface area contributed by atoms with Gasteiger partial charge in [0.25, 0.3) is 0 Å². The summed E-state index contributed by atoms with van der Waals surface area (Å²) in [7, 11) is 0. The molecule has 0 saturated heterocycles. The Hall–Kier alpha value is -0.260. The molecule has 3 N–H and O–H groups in total. The molecule has 2 atom stereocenters. The van der Waals surface area contributed by atoms with Crippen molar-refractivity contribution in [2.75, 3.05) is 11.5 Å². The third kappa shape index (κ3) is 7.09. The first-order valence-electron chi connectivity index (χ1n) is 5.52. The lowest BCUT2D eigenvalue weighted by atomic mass is 10.0. The van der Waals surface area contributed by atoms with Gasteiger partial charge in [0.1, 0.15) is 6.23 Å². The summed E-state index contributed by atoms with van der Waals surface area (Å²) in [5.74, 6) is 0.280. The number of rotatable bonds is 7. The van der Waals surface area contributed by atoms with E-state index in [0.717, 1.165) is 11.5 Å². The molecule has 16 heavy (non-hydrogen) atoms. The van der Waals surface area contributed by atoms with E-state index in [1.807, 2.05) is 27.7 Å². The highest BCUT2D eigenvalue weighted by Crippen LogP contribution is 2.18. The Morgan fingerprint density at radius 3 is 2.44 bits per heavy atom. The number of hydrogen-bond acceptors (Lipinski definition) is 4. The smallest absolute Gasteiger partial charge is 0.310 e. The number of thioether (sulfide) groups is 1. The lowest BCUT2D eigenvalue weighted by Crippen LogP contribution is -2.43. The Bertz CT molecular complexity index is 216. The van der Waals surface area contributed by atoms with Crippen LogP contribution in [0, 0.1) is 5.92 Å². The molecule has 0 aromatic heterocycles. The average molecular weight is 249 g/mol. The lowest BCUT2D eigenvalue weighted by molar-refractivity contribution is -0.153. The first kappa shape index (κ1) is 15.7. The predicted octanol–water partition coefficient (Wildman–Crippen LogP) is 1.93. The molecule has 0 aromatic carbocycles. The van der Waals surface area contributed by atoms with Crippen LogP contribution < -0.4 is 5.73 Å². The van der Waals surface area contributed by atoms with E-state index in [2.05, 4.69) is 0 Å². The number of carboxylic acid groups (broad SMARTS) is 1. The van der Waals surface area contributed by atoms with Crippen molar-refractivity contribution in [2.45, 2.75) is 45.9 Å². The first-order chi connectivity index (χ1) is 7.28. The van der Waals surface area contributed by atoms with Gasteiger partial charge >= 0.3 is 5.97 Å². The molecule has 5 heteroatoms. The molecule has 0 radical (unpaired) electrons. The fraction of sp³-hybridized carbons (Fsp3) is 0.909. The topological polar surface area (TPSA) is 72.5 Å². The van der Waals surface area contributed by atoms with Gasteiger partial charge in [-0.3, -0.25) is 4.79 Å².